The Hall–Kier alpha value is -1.64. The van der Waals surface area contributed by atoms with E-state index in [0.29, 0.717) is 17.9 Å². The van der Waals surface area contributed by atoms with Crippen molar-refractivity contribution in [1.82, 2.24) is 10.2 Å². The molecule has 3 N–H and O–H groups in total. The summed E-state index contributed by atoms with van der Waals surface area (Å²) in [5.74, 6) is -0.859. The highest BCUT2D eigenvalue weighted by Gasteiger charge is 2.38. The van der Waals surface area contributed by atoms with E-state index in [4.69, 9.17) is 20.1 Å². The molecular weight excluding hydrogens is 279 g/mol. The zero-order valence-corrected chi connectivity index (χ0v) is 10.9. The van der Waals surface area contributed by atoms with E-state index in [9.17, 15) is 13.2 Å². The number of rotatable bonds is 1. The van der Waals surface area contributed by atoms with Crippen LogP contribution in [-0.2, 0) is 4.79 Å². The van der Waals surface area contributed by atoms with Crippen molar-refractivity contribution < 1.29 is 27.5 Å². The third-order valence-corrected chi connectivity index (χ3v) is 2.91. The van der Waals surface area contributed by atoms with E-state index in [0.717, 1.165) is 31.6 Å². The second-order valence-electron chi connectivity index (χ2n) is 4.57. The summed E-state index contributed by atoms with van der Waals surface area (Å²) in [5, 5.41) is 15.0. The van der Waals surface area contributed by atoms with Crippen LogP contribution in [0.5, 0.6) is 0 Å². The number of alkyl halides is 3. The maximum absolute atomic E-state index is 10.6. The van der Waals surface area contributed by atoms with Gasteiger partial charge in [0.2, 0.25) is 11.8 Å². The van der Waals surface area contributed by atoms with E-state index in [1.807, 2.05) is 6.92 Å². The lowest BCUT2D eigenvalue weighted by atomic mass is 9.86. The quantitative estimate of drug-likeness (QED) is 0.821. The van der Waals surface area contributed by atoms with E-state index < -0.39 is 12.1 Å². The molecule has 9 heteroatoms. The van der Waals surface area contributed by atoms with E-state index in [1.54, 1.807) is 0 Å². The fraction of sp³-hybridized carbons (Fsp3) is 0.727. The van der Waals surface area contributed by atoms with Crippen LogP contribution < -0.4 is 5.73 Å². The van der Waals surface area contributed by atoms with E-state index in [2.05, 4.69) is 10.2 Å². The first kappa shape index (κ1) is 16.4. The number of carbonyl (C=O) groups is 1. The summed E-state index contributed by atoms with van der Waals surface area (Å²) >= 11 is 0. The van der Waals surface area contributed by atoms with E-state index in [-0.39, 0.29) is 0 Å². The number of halogens is 3. The van der Waals surface area contributed by atoms with Crippen LogP contribution in [0, 0.1) is 6.92 Å². The Labute approximate surface area is 113 Å². The van der Waals surface area contributed by atoms with Crippen molar-refractivity contribution in [3.05, 3.63) is 11.8 Å². The van der Waals surface area contributed by atoms with Crippen molar-refractivity contribution in [2.75, 3.05) is 0 Å². The van der Waals surface area contributed by atoms with Crippen molar-refractivity contribution in [2.45, 2.75) is 50.7 Å². The average molecular weight is 295 g/mol. The van der Waals surface area contributed by atoms with Crippen LogP contribution in [0.3, 0.4) is 0 Å². The molecule has 0 atom stereocenters. The number of nitrogens with two attached hydrogens (primary N) is 1. The van der Waals surface area contributed by atoms with Crippen molar-refractivity contribution in [3.8, 4) is 0 Å². The highest BCUT2D eigenvalue weighted by atomic mass is 19.4. The molecule has 0 aromatic carbocycles. The smallest absolute Gasteiger partial charge is 0.475 e. The van der Waals surface area contributed by atoms with Crippen molar-refractivity contribution in [1.29, 1.82) is 0 Å². The summed E-state index contributed by atoms with van der Waals surface area (Å²) in [6, 6.07) is 0.375. The number of nitrogens with zero attached hydrogens (tertiary/aromatic N) is 2. The molecule has 0 bridgehead atoms. The Morgan fingerprint density at radius 1 is 1.30 bits per heavy atom. The second kappa shape index (κ2) is 6.69. The average Bonchev–Trinajstić information content (AvgIpc) is 2.76. The van der Waals surface area contributed by atoms with Gasteiger partial charge in [-0.15, -0.1) is 10.2 Å². The zero-order chi connectivity index (χ0) is 15.3. The van der Waals surface area contributed by atoms with E-state index >= 15 is 0 Å². The molecule has 0 unspecified atom stereocenters. The summed E-state index contributed by atoms with van der Waals surface area (Å²) in [6.45, 7) is 1.82. The largest absolute Gasteiger partial charge is 0.490 e. The fourth-order valence-corrected chi connectivity index (χ4v) is 1.84. The molecule has 0 aliphatic heterocycles. The molecule has 1 aliphatic carbocycles. The highest BCUT2D eigenvalue weighted by molar-refractivity contribution is 5.73. The molecule has 1 heterocycles. The number of hydrogen-bond donors (Lipinski definition) is 2. The molecule has 0 radical (unpaired) electrons. The number of hydrogen-bond acceptors (Lipinski definition) is 5. The van der Waals surface area contributed by atoms with Gasteiger partial charge in [0, 0.05) is 18.9 Å². The highest BCUT2D eigenvalue weighted by Crippen LogP contribution is 2.31. The molecule has 1 aromatic rings. The van der Waals surface area contributed by atoms with Gasteiger partial charge >= 0.3 is 12.1 Å². The molecule has 114 valence electrons. The van der Waals surface area contributed by atoms with Crippen LogP contribution in [-0.4, -0.2) is 33.5 Å². The first-order valence-corrected chi connectivity index (χ1v) is 6.06. The van der Waals surface area contributed by atoms with Crippen LogP contribution in [0.4, 0.5) is 13.2 Å². The van der Waals surface area contributed by atoms with Gasteiger partial charge in [0.1, 0.15) is 0 Å². The molecule has 2 rings (SSSR count). The number of aryl methyl sites for hydroxylation is 1. The van der Waals surface area contributed by atoms with Gasteiger partial charge in [-0.05, 0) is 25.7 Å². The van der Waals surface area contributed by atoms with Gasteiger partial charge in [-0.2, -0.15) is 13.2 Å². The Morgan fingerprint density at radius 2 is 1.80 bits per heavy atom. The molecule has 1 aromatic heterocycles. The van der Waals surface area contributed by atoms with Crippen LogP contribution in [0.25, 0.3) is 0 Å². The third-order valence-electron chi connectivity index (χ3n) is 2.91. The SMILES string of the molecule is Cc1nnc([C@H]2CC[C@H](N)CC2)o1.O=C(O)C(F)(F)F. The zero-order valence-electron chi connectivity index (χ0n) is 10.9. The molecular formula is C11H16F3N3O3. The van der Waals surface area contributed by atoms with Crippen molar-refractivity contribution >= 4 is 5.97 Å². The minimum Gasteiger partial charge on any atom is -0.475 e. The summed E-state index contributed by atoms with van der Waals surface area (Å²) in [4.78, 5) is 8.90. The van der Waals surface area contributed by atoms with Crippen molar-refractivity contribution in [3.63, 3.8) is 0 Å². The molecule has 1 aliphatic rings. The van der Waals surface area contributed by atoms with E-state index in [1.165, 1.54) is 0 Å². The van der Waals surface area contributed by atoms with Gasteiger partial charge in [-0.25, -0.2) is 4.79 Å². The summed E-state index contributed by atoms with van der Waals surface area (Å²) < 4.78 is 37.1. The summed E-state index contributed by atoms with van der Waals surface area (Å²) in [6.07, 6.45) is -0.760. The maximum atomic E-state index is 10.6. The van der Waals surface area contributed by atoms with Gasteiger partial charge in [-0.1, -0.05) is 0 Å². The molecule has 0 amide bonds. The fourth-order valence-electron chi connectivity index (χ4n) is 1.84. The van der Waals surface area contributed by atoms with Gasteiger partial charge in [0.25, 0.3) is 0 Å². The lowest BCUT2D eigenvalue weighted by molar-refractivity contribution is -0.192. The normalized spacial score (nSPS) is 22.9. The van der Waals surface area contributed by atoms with Gasteiger partial charge in [0.15, 0.2) is 0 Å². The van der Waals surface area contributed by atoms with Gasteiger partial charge in [-0.3, -0.25) is 0 Å². The Morgan fingerprint density at radius 3 is 2.15 bits per heavy atom. The number of aliphatic carboxylic acids is 1. The lowest BCUT2D eigenvalue weighted by Gasteiger charge is -2.23. The monoisotopic (exact) mass is 295 g/mol. The Bertz CT molecular complexity index is 440. The first-order valence-electron chi connectivity index (χ1n) is 6.06. The molecule has 20 heavy (non-hydrogen) atoms. The Kier molecular flexibility index (Phi) is 5.49. The summed E-state index contributed by atoms with van der Waals surface area (Å²) in [5.41, 5.74) is 5.81. The third kappa shape index (κ3) is 5.16. The predicted molar refractivity (Wildman–Crippen MR) is 61.9 cm³/mol. The predicted octanol–water partition coefficient (Wildman–Crippen LogP) is 2.00. The number of carboxylic acid groups (broad SMARTS) is 1. The lowest BCUT2D eigenvalue weighted by Crippen LogP contribution is -2.25. The van der Waals surface area contributed by atoms with Crippen LogP contribution in [0.2, 0.25) is 0 Å². The molecule has 6 nitrogen and oxygen atoms in total. The molecule has 1 saturated carbocycles. The minimum atomic E-state index is -5.08. The standard InChI is InChI=1S/C9H15N3O.C2HF3O2/c1-6-11-12-9(13-6)7-2-4-8(10)5-3-7;3-2(4,5)1(6)7/h7-8H,2-5,10H2,1H3;(H,6,7)/t7-,8-;. The van der Waals surface area contributed by atoms with Crippen LogP contribution >= 0.6 is 0 Å². The molecule has 0 saturated heterocycles. The Balaban J connectivity index is 0.000000246. The second-order valence-corrected chi connectivity index (χ2v) is 4.57. The summed E-state index contributed by atoms with van der Waals surface area (Å²) in [7, 11) is 0. The number of aromatic nitrogens is 2. The maximum Gasteiger partial charge on any atom is 0.490 e. The minimum absolute atomic E-state index is 0.375. The molecule has 1 fully saturated rings. The van der Waals surface area contributed by atoms with Crippen molar-refractivity contribution in [2.24, 2.45) is 5.73 Å². The van der Waals surface area contributed by atoms with Crippen LogP contribution in [0.15, 0.2) is 4.42 Å². The topological polar surface area (TPSA) is 102 Å². The first-order chi connectivity index (χ1) is 9.20. The van der Waals surface area contributed by atoms with Crippen LogP contribution in [0.1, 0.15) is 43.4 Å². The van der Waals surface area contributed by atoms with Gasteiger partial charge in [0.05, 0.1) is 0 Å². The number of carboxylic acids is 1. The van der Waals surface area contributed by atoms with Gasteiger partial charge < -0.3 is 15.3 Å². The molecule has 0 spiro atoms.